The Morgan fingerprint density at radius 3 is 1.51 bits per heavy atom. The number of nitrogen functional groups attached to an aromatic ring is 3. The van der Waals surface area contributed by atoms with E-state index in [0.29, 0.717) is 32.8 Å². The molecule has 0 radical (unpaired) electrons. The van der Waals surface area contributed by atoms with E-state index < -0.39 is 17.4 Å². The van der Waals surface area contributed by atoms with Gasteiger partial charge in [-0.15, -0.1) is 30.6 Å². The number of nitrogens with one attached hydrogen (secondary N) is 4. The lowest BCUT2D eigenvalue weighted by Gasteiger charge is -2.08. The van der Waals surface area contributed by atoms with Gasteiger partial charge in [0, 0.05) is 32.7 Å². The van der Waals surface area contributed by atoms with Crippen molar-refractivity contribution in [2.75, 3.05) is 17.3 Å². The van der Waals surface area contributed by atoms with E-state index in [9.17, 15) is 19.2 Å². The van der Waals surface area contributed by atoms with Gasteiger partial charge >= 0.3 is 0 Å². The number of hydrogen-bond donors (Lipinski definition) is 9. The molecule has 5 aromatic carbocycles. The third kappa shape index (κ3) is 5.65. The van der Waals surface area contributed by atoms with Crippen LogP contribution in [0.25, 0.3) is 55.2 Å². The molecule has 5 aromatic heterocycles. The number of rotatable bonds is 0. The first kappa shape index (κ1) is 35.4. The van der Waals surface area contributed by atoms with Crippen LogP contribution in [0.4, 0.5) is 11.9 Å². The number of Topliss-reactive ketones (excluding diaryl/α,β-unsaturated/α-hetero) is 2. The number of carbonyl (C=O) groups is 2. The average Bonchev–Trinajstić information content (AvgIpc) is 4.04. The van der Waals surface area contributed by atoms with Crippen LogP contribution in [0.1, 0.15) is 20.7 Å². The van der Waals surface area contributed by atoms with Gasteiger partial charge in [-0.1, -0.05) is 72.8 Å². The van der Waals surface area contributed by atoms with Gasteiger partial charge < -0.3 is 27.5 Å². The molecule has 0 fully saturated rings. The Morgan fingerprint density at radius 2 is 1.00 bits per heavy atom. The van der Waals surface area contributed by atoms with E-state index in [1.807, 2.05) is 36.4 Å². The molecule has 0 spiro atoms. The van der Waals surface area contributed by atoms with Gasteiger partial charge in [0.2, 0.25) is 34.3 Å². The molecule has 11 rings (SSSR count). The number of carbonyl (C=O) groups excluding carboxylic acids is 2. The number of ketones is 2. The predicted octanol–water partition coefficient (Wildman–Crippen LogP) is -2.02. The molecular formula is C33H24N18O6. The number of fused-ring (bicyclic) bond motifs is 9. The van der Waals surface area contributed by atoms with E-state index in [-0.39, 0.29) is 56.7 Å². The summed E-state index contributed by atoms with van der Waals surface area (Å²) >= 11 is 0. The summed E-state index contributed by atoms with van der Waals surface area (Å²) in [7, 11) is 0. The first-order valence-electron chi connectivity index (χ1n) is 16.2. The Hall–Kier alpha value is -8.64. The highest BCUT2D eigenvalue weighted by Gasteiger charge is 2.50. The van der Waals surface area contributed by atoms with Gasteiger partial charge in [0.1, 0.15) is 16.6 Å². The first-order valence-corrected chi connectivity index (χ1v) is 16.2. The fraction of sp³-hybridized carbons (Fsp3) is 0.0303. The minimum atomic E-state index is -2.86. The topological polar surface area (TPSA) is 383 Å². The molecule has 10 aromatic rings. The highest BCUT2D eigenvalue weighted by molar-refractivity contribution is 6.30. The van der Waals surface area contributed by atoms with Gasteiger partial charge in [-0.3, -0.25) is 40.2 Å². The van der Waals surface area contributed by atoms with Crippen molar-refractivity contribution in [3.63, 3.8) is 0 Å². The second kappa shape index (κ2) is 13.0. The van der Waals surface area contributed by atoms with Crippen molar-refractivity contribution < 1.29 is 19.8 Å². The summed E-state index contributed by atoms with van der Waals surface area (Å²) < 4.78 is 3.62. The SMILES string of the molecule is N=c1nnc2nc3c(=O)c4ccccc4c3[nH]n12.N=c1nnc2nc3c([nH]n12)c(=O)c1ccccc13.Nc1nnc(N)n1N.O=C1c2ccccc2C(=O)C1(O)O. The number of hydrogen-bond acceptors (Lipinski definition) is 19. The third-order valence-corrected chi connectivity index (χ3v) is 8.74. The van der Waals surface area contributed by atoms with Crippen molar-refractivity contribution in [1.29, 1.82) is 10.8 Å². The molecule has 0 aliphatic heterocycles. The fourth-order valence-corrected chi connectivity index (χ4v) is 5.97. The van der Waals surface area contributed by atoms with Crippen LogP contribution in [-0.4, -0.2) is 92.0 Å². The quantitative estimate of drug-likeness (QED) is 0.0456. The Morgan fingerprint density at radius 1 is 0.561 bits per heavy atom. The number of benzene rings is 3. The van der Waals surface area contributed by atoms with Gasteiger partial charge in [0.05, 0.1) is 5.52 Å². The van der Waals surface area contributed by atoms with Crippen LogP contribution in [0.15, 0.2) is 82.4 Å². The smallest absolute Gasteiger partial charge is 0.295 e. The summed E-state index contributed by atoms with van der Waals surface area (Å²) in [4.78, 5) is 55.2. The molecule has 282 valence electrons. The number of nitrogens with zero attached hydrogens (tertiary/aromatic N) is 11. The van der Waals surface area contributed by atoms with Gasteiger partial charge in [0.15, 0.2) is 0 Å². The number of anilines is 2. The van der Waals surface area contributed by atoms with Crippen LogP contribution >= 0.6 is 0 Å². The van der Waals surface area contributed by atoms with Gasteiger partial charge in [-0.05, 0) is 0 Å². The fourth-order valence-electron chi connectivity index (χ4n) is 5.97. The second-order valence-corrected chi connectivity index (χ2v) is 12.1. The summed E-state index contributed by atoms with van der Waals surface area (Å²) in [6.45, 7) is 0. The molecule has 12 N–H and O–H groups in total. The monoisotopic (exact) mass is 768 g/mol. The Balaban J connectivity index is 0.000000111. The minimum absolute atomic E-state index is 0.0443. The molecular weight excluding hydrogens is 744 g/mol. The van der Waals surface area contributed by atoms with Crippen LogP contribution in [0.3, 0.4) is 0 Å². The zero-order chi connectivity index (χ0) is 40.3. The lowest BCUT2D eigenvalue weighted by atomic mass is 10.1. The predicted molar refractivity (Wildman–Crippen MR) is 198 cm³/mol. The average molecular weight is 769 g/mol. The zero-order valence-electron chi connectivity index (χ0n) is 28.6. The molecule has 0 saturated carbocycles. The standard InChI is InChI=1S/2C11H6N6O.C9H6O4.C2H6N6/c12-10-14-15-11-13-8-7(16-17(10)11)5-3-1-2-4-6(5)9(8)18;12-10-14-15-11-13-7-5-3-1-2-4-6(5)9(18)8(7)16-17(10)11;10-7-5-3-1-2-4-6(5)8(11)9(7,12)13;3-1-6-7-2(4)8(1)5/h2*1-4,12,16H;1-4,12-13H;5H2,(H2,3,6)(H2,4,7). The molecule has 5 heterocycles. The number of nitrogens with two attached hydrogens (primary N) is 3. The highest BCUT2D eigenvalue weighted by atomic mass is 16.5. The molecule has 0 bridgehead atoms. The second-order valence-electron chi connectivity index (χ2n) is 12.1. The van der Waals surface area contributed by atoms with Crippen LogP contribution in [-0.2, 0) is 0 Å². The minimum Gasteiger partial charge on any atom is -0.366 e. The summed E-state index contributed by atoms with van der Waals surface area (Å²) in [5, 5.41) is 63.3. The normalized spacial score (nSPS) is 13.1. The Labute approximate surface area is 312 Å². The number of aliphatic hydroxyl groups is 2. The number of aromatic amines is 2. The van der Waals surface area contributed by atoms with E-state index in [0.717, 1.165) is 15.4 Å². The van der Waals surface area contributed by atoms with Crippen molar-refractivity contribution in [2.24, 2.45) is 0 Å². The van der Waals surface area contributed by atoms with E-state index in [2.05, 4.69) is 50.8 Å². The lowest BCUT2D eigenvalue weighted by Crippen LogP contribution is -2.40. The first-order chi connectivity index (χ1) is 27.3. The molecule has 0 unspecified atom stereocenters. The van der Waals surface area contributed by atoms with Gasteiger partial charge in [0.25, 0.3) is 28.6 Å². The molecule has 1 aliphatic rings. The van der Waals surface area contributed by atoms with Gasteiger partial charge in [-0.2, -0.15) is 13.7 Å². The van der Waals surface area contributed by atoms with Crippen molar-refractivity contribution >= 4 is 78.6 Å². The van der Waals surface area contributed by atoms with Crippen LogP contribution < -0.4 is 39.4 Å². The summed E-state index contributed by atoms with van der Waals surface area (Å²) in [6, 6.07) is 20.4. The maximum absolute atomic E-state index is 12.2. The van der Waals surface area contributed by atoms with Crippen molar-refractivity contribution in [3.05, 3.63) is 116 Å². The zero-order valence-corrected chi connectivity index (χ0v) is 28.6. The molecule has 24 heteroatoms. The summed E-state index contributed by atoms with van der Waals surface area (Å²) in [6.07, 6.45) is 0. The number of aromatic nitrogens is 13. The van der Waals surface area contributed by atoms with E-state index in [4.69, 9.17) is 38.3 Å². The molecule has 1 aliphatic carbocycles. The van der Waals surface area contributed by atoms with Crippen LogP contribution in [0, 0.1) is 10.8 Å². The Bertz CT molecular complexity index is 3420. The lowest BCUT2D eigenvalue weighted by molar-refractivity contribution is -0.0857. The highest BCUT2D eigenvalue weighted by Crippen LogP contribution is 2.27. The summed E-state index contributed by atoms with van der Waals surface area (Å²) in [5.41, 5.74) is 11.9. The van der Waals surface area contributed by atoms with Gasteiger partial charge in [-0.25, -0.2) is 9.97 Å². The molecule has 0 amide bonds. The molecule has 24 nitrogen and oxygen atoms in total. The van der Waals surface area contributed by atoms with Crippen molar-refractivity contribution in [2.45, 2.75) is 5.79 Å². The van der Waals surface area contributed by atoms with Crippen LogP contribution in [0.2, 0.25) is 0 Å². The van der Waals surface area contributed by atoms with Crippen LogP contribution in [0.5, 0.6) is 0 Å². The van der Waals surface area contributed by atoms with E-state index in [1.165, 1.54) is 21.2 Å². The number of H-pyrrole nitrogens is 2. The largest absolute Gasteiger partial charge is 0.366 e. The van der Waals surface area contributed by atoms with E-state index >= 15 is 0 Å². The van der Waals surface area contributed by atoms with E-state index in [1.54, 1.807) is 24.3 Å². The molecule has 0 atom stereocenters. The van der Waals surface area contributed by atoms with Crippen molar-refractivity contribution in [3.8, 4) is 0 Å². The summed E-state index contributed by atoms with van der Waals surface area (Å²) in [5.74, 6) is 1.11. The Kier molecular flexibility index (Phi) is 8.10. The van der Waals surface area contributed by atoms with Crippen molar-refractivity contribution in [1.82, 2.24) is 64.5 Å². The molecule has 57 heavy (non-hydrogen) atoms. The maximum atomic E-state index is 12.2. The molecule has 0 saturated heterocycles. The maximum Gasteiger partial charge on any atom is 0.295 e. The third-order valence-electron chi connectivity index (χ3n) is 8.74.